The summed E-state index contributed by atoms with van der Waals surface area (Å²) in [7, 11) is 0. The summed E-state index contributed by atoms with van der Waals surface area (Å²) in [5, 5.41) is 33.6. The molecule has 0 radical (unpaired) electrons. The van der Waals surface area contributed by atoms with Crippen molar-refractivity contribution in [2.24, 2.45) is 5.41 Å². The van der Waals surface area contributed by atoms with Crippen molar-refractivity contribution < 1.29 is 34.8 Å². The van der Waals surface area contributed by atoms with E-state index in [0.717, 1.165) is 0 Å². The maximum atomic E-state index is 10.4. The molecule has 74 valence electrons. The van der Waals surface area contributed by atoms with E-state index in [0.29, 0.717) is 0 Å². The van der Waals surface area contributed by atoms with E-state index >= 15 is 0 Å². The van der Waals surface area contributed by atoms with Crippen molar-refractivity contribution in [1.82, 2.24) is 0 Å². The molecule has 0 aliphatic carbocycles. The average molecular weight is 192 g/mol. The summed E-state index contributed by atoms with van der Waals surface area (Å²) in [5.74, 6) is -6.00. The topological polar surface area (TPSA) is 132 Å². The Morgan fingerprint density at radius 1 is 0.923 bits per heavy atom. The van der Waals surface area contributed by atoms with Gasteiger partial charge in [-0.05, 0) is 0 Å². The summed E-state index contributed by atoms with van der Waals surface area (Å²) in [6.45, 7) is -0.828. The van der Waals surface area contributed by atoms with Crippen molar-refractivity contribution in [2.45, 2.75) is 6.42 Å². The number of aliphatic hydroxyl groups is 1. The number of carboxylic acids is 3. The predicted octanol–water partition coefficient (Wildman–Crippen LogP) is -1.39. The second-order valence-electron chi connectivity index (χ2n) is 2.29. The average Bonchev–Trinajstić information content (AvgIpc) is 1.97. The van der Waals surface area contributed by atoms with Crippen LogP contribution < -0.4 is 0 Å². The lowest BCUT2D eigenvalue weighted by Gasteiger charge is -2.18. The first-order valence-corrected chi connectivity index (χ1v) is 3.20. The Bertz CT molecular complexity index is 207. The van der Waals surface area contributed by atoms with Crippen molar-refractivity contribution in [2.75, 3.05) is 6.61 Å². The van der Waals surface area contributed by atoms with E-state index < -0.39 is 36.4 Å². The quantitative estimate of drug-likeness (QED) is 0.394. The van der Waals surface area contributed by atoms with Crippen LogP contribution in [0.3, 0.4) is 0 Å². The fourth-order valence-electron chi connectivity index (χ4n) is 0.763. The number of aliphatic carboxylic acids is 3. The van der Waals surface area contributed by atoms with E-state index in [2.05, 4.69) is 0 Å². The van der Waals surface area contributed by atoms with Crippen molar-refractivity contribution in [3.05, 3.63) is 0 Å². The first-order valence-electron chi connectivity index (χ1n) is 3.20. The monoisotopic (exact) mass is 192 g/mol. The summed E-state index contributed by atoms with van der Waals surface area (Å²) >= 11 is 0. The number of hydrogen-bond acceptors (Lipinski definition) is 4. The Labute approximate surface area is 72.2 Å². The van der Waals surface area contributed by atoms with E-state index in [9.17, 15) is 14.4 Å². The fraction of sp³-hybridized carbons (Fsp3) is 0.500. The molecule has 0 aromatic carbocycles. The summed E-state index contributed by atoms with van der Waals surface area (Å²) in [6.07, 6.45) is -0.868. The Hall–Kier alpha value is -1.63. The van der Waals surface area contributed by atoms with Gasteiger partial charge in [0.2, 0.25) is 0 Å². The Morgan fingerprint density at radius 2 is 1.23 bits per heavy atom. The molecule has 0 amide bonds. The summed E-state index contributed by atoms with van der Waals surface area (Å²) < 4.78 is 0. The molecule has 7 nitrogen and oxygen atoms in total. The highest BCUT2D eigenvalue weighted by Gasteiger charge is 2.53. The minimum absolute atomic E-state index is 0.828. The molecule has 7 heteroatoms. The van der Waals surface area contributed by atoms with Gasteiger partial charge in [-0.2, -0.15) is 0 Å². The highest BCUT2D eigenvalue weighted by molar-refractivity contribution is 6.16. The second-order valence-corrected chi connectivity index (χ2v) is 2.29. The second kappa shape index (κ2) is 3.85. The van der Waals surface area contributed by atoms with Crippen molar-refractivity contribution in [3.8, 4) is 0 Å². The van der Waals surface area contributed by atoms with Crippen LogP contribution in [-0.4, -0.2) is 44.9 Å². The van der Waals surface area contributed by atoms with Gasteiger partial charge in [-0.1, -0.05) is 0 Å². The summed E-state index contributed by atoms with van der Waals surface area (Å²) in [4.78, 5) is 31.3. The standard InChI is InChI=1S/C6H8O7/c7-2-1-6(3(8)9,4(10)11)5(12)13/h7H,1-2H2,(H,8,9)(H,10,11)(H,12,13). The third-order valence-corrected chi connectivity index (χ3v) is 1.58. The smallest absolute Gasteiger partial charge is 0.332 e. The van der Waals surface area contributed by atoms with Crippen LogP contribution in [0.4, 0.5) is 0 Å². The zero-order valence-electron chi connectivity index (χ0n) is 6.43. The summed E-state index contributed by atoms with van der Waals surface area (Å²) in [6, 6.07) is 0. The first kappa shape index (κ1) is 11.4. The van der Waals surface area contributed by atoms with Crippen LogP contribution in [0, 0.1) is 5.41 Å². The van der Waals surface area contributed by atoms with Gasteiger partial charge >= 0.3 is 17.9 Å². The molecule has 0 fully saturated rings. The molecule has 0 rings (SSSR count). The molecule has 0 heterocycles. The van der Waals surface area contributed by atoms with Gasteiger partial charge in [-0.15, -0.1) is 0 Å². The largest absolute Gasteiger partial charge is 0.480 e. The number of aliphatic hydroxyl groups excluding tert-OH is 1. The van der Waals surface area contributed by atoms with Crippen LogP contribution in [0.15, 0.2) is 0 Å². The van der Waals surface area contributed by atoms with Gasteiger partial charge in [-0.25, -0.2) is 0 Å². The molecule has 0 saturated heterocycles. The van der Waals surface area contributed by atoms with Crippen molar-refractivity contribution in [3.63, 3.8) is 0 Å². The fourth-order valence-corrected chi connectivity index (χ4v) is 0.763. The first-order chi connectivity index (χ1) is 5.89. The minimum Gasteiger partial charge on any atom is -0.480 e. The van der Waals surface area contributed by atoms with Crippen molar-refractivity contribution >= 4 is 17.9 Å². The van der Waals surface area contributed by atoms with Crippen LogP contribution in [0.1, 0.15) is 6.42 Å². The highest BCUT2D eigenvalue weighted by atomic mass is 16.4. The zero-order chi connectivity index (χ0) is 10.6. The van der Waals surface area contributed by atoms with Gasteiger partial charge in [0, 0.05) is 13.0 Å². The molecule has 0 bridgehead atoms. The maximum Gasteiger partial charge on any atom is 0.332 e. The molecule has 0 saturated carbocycles. The molecular weight excluding hydrogens is 184 g/mol. The molecule has 0 unspecified atom stereocenters. The molecular formula is C6H8O7. The van der Waals surface area contributed by atoms with Gasteiger partial charge in [0.1, 0.15) is 0 Å². The van der Waals surface area contributed by atoms with Crippen LogP contribution >= 0.6 is 0 Å². The molecule has 0 aromatic rings. The Morgan fingerprint density at radius 3 is 1.31 bits per heavy atom. The van der Waals surface area contributed by atoms with E-state index in [1.807, 2.05) is 0 Å². The van der Waals surface area contributed by atoms with E-state index in [1.165, 1.54) is 0 Å². The molecule has 0 atom stereocenters. The normalized spacial score (nSPS) is 10.8. The van der Waals surface area contributed by atoms with Crippen molar-refractivity contribution in [1.29, 1.82) is 0 Å². The maximum absolute atomic E-state index is 10.4. The van der Waals surface area contributed by atoms with Crippen LogP contribution in [0.5, 0.6) is 0 Å². The molecule has 13 heavy (non-hydrogen) atoms. The third-order valence-electron chi connectivity index (χ3n) is 1.58. The molecule has 0 aliphatic rings. The molecule has 0 aromatic heterocycles. The minimum atomic E-state index is -2.95. The SMILES string of the molecule is O=C(O)C(CCO)(C(=O)O)C(=O)O. The van der Waals surface area contributed by atoms with Gasteiger partial charge in [0.25, 0.3) is 5.41 Å². The van der Waals surface area contributed by atoms with E-state index in [4.69, 9.17) is 20.4 Å². The molecule has 0 aliphatic heterocycles. The highest BCUT2D eigenvalue weighted by Crippen LogP contribution is 2.23. The van der Waals surface area contributed by atoms with Gasteiger partial charge in [0.15, 0.2) is 0 Å². The lowest BCUT2D eigenvalue weighted by Crippen LogP contribution is -2.47. The number of carbonyl (C=O) groups is 3. The third kappa shape index (κ3) is 1.75. The van der Waals surface area contributed by atoms with Gasteiger partial charge < -0.3 is 20.4 Å². The Kier molecular flexibility index (Phi) is 3.37. The van der Waals surface area contributed by atoms with Crippen LogP contribution in [0.25, 0.3) is 0 Å². The predicted molar refractivity (Wildman–Crippen MR) is 37.0 cm³/mol. The number of carboxylic acid groups (broad SMARTS) is 3. The zero-order valence-corrected chi connectivity index (χ0v) is 6.43. The number of hydrogen-bond donors (Lipinski definition) is 4. The van der Waals surface area contributed by atoms with Crippen LogP contribution in [-0.2, 0) is 14.4 Å². The Balaban J connectivity index is 5.18. The van der Waals surface area contributed by atoms with Gasteiger partial charge in [-0.3, -0.25) is 14.4 Å². The van der Waals surface area contributed by atoms with Gasteiger partial charge in [0.05, 0.1) is 0 Å². The lowest BCUT2D eigenvalue weighted by molar-refractivity contribution is -0.176. The molecule has 4 N–H and O–H groups in total. The summed E-state index contributed by atoms with van der Waals surface area (Å²) in [5.41, 5.74) is -2.95. The molecule has 0 spiro atoms. The number of rotatable bonds is 5. The van der Waals surface area contributed by atoms with E-state index in [1.54, 1.807) is 0 Å². The lowest BCUT2D eigenvalue weighted by atomic mass is 9.85. The van der Waals surface area contributed by atoms with Crippen LogP contribution in [0.2, 0.25) is 0 Å². The van der Waals surface area contributed by atoms with E-state index in [-0.39, 0.29) is 0 Å².